The number of unbranched alkanes of at least 4 members (excludes halogenated alkanes) is 1. The number of rotatable bonds is 4. The van der Waals surface area contributed by atoms with Gasteiger partial charge < -0.3 is 0 Å². The fourth-order valence-corrected chi connectivity index (χ4v) is 4.41. The Morgan fingerprint density at radius 2 is 2.14 bits per heavy atom. The molecule has 4 rings (SSSR count). The summed E-state index contributed by atoms with van der Waals surface area (Å²) in [6, 6.07) is 11.8. The number of amidine groups is 1. The normalized spacial score (nSPS) is 18.0. The summed E-state index contributed by atoms with van der Waals surface area (Å²) in [5.74, 6) is 0.284. The Balaban J connectivity index is 1.87. The molecule has 28 heavy (non-hydrogen) atoms. The van der Waals surface area contributed by atoms with Gasteiger partial charge in [-0.1, -0.05) is 53.2 Å². The van der Waals surface area contributed by atoms with Crippen LogP contribution in [-0.2, 0) is 4.79 Å². The molecule has 0 radical (unpaired) electrons. The molecule has 1 amide bonds. The number of fused-ring (bicyclic) bond motifs is 2. The van der Waals surface area contributed by atoms with E-state index >= 15 is 0 Å². The molecule has 1 N–H and O–H groups in total. The molecule has 144 valence electrons. The van der Waals surface area contributed by atoms with Crippen LogP contribution in [0.5, 0.6) is 0 Å². The first kappa shape index (κ1) is 19.1. The smallest absolute Gasteiger partial charge is 0.276 e. The molecule has 0 bridgehead atoms. The lowest BCUT2D eigenvalue weighted by Gasteiger charge is -2.34. The summed E-state index contributed by atoms with van der Waals surface area (Å²) in [6.07, 6.45) is 1.49. The van der Waals surface area contributed by atoms with Crippen LogP contribution in [-0.4, -0.2) is 21.8 Å². The molecule has 0 unspecified atom stereocenters. The highest BCUT2D eigenvalue weighted by Gasteiger charge is 2.34. The SMILES string of the molecule is CCCCSC1=NN2C(=c3cc(Br)ccc3=N[C@H]2c2cccc(F)c2)C(=O)N1. The van der Waals surface area contributed by atoms with E-state index in [0.717, 1.165) is 23.1 Å². The van der Waals surface area contributed by atoms with Gasteiger partial charge in [0.1, 0.15) is 11.5 Å². The molecule has 1 atom stereocenters. The fraction of sp³-hybridized carbons (Fsp3) is 0.250. The van der Waals surface area contributed by atoms with Crippen molar-refractivity contribution in [3.63, 3.8) is 0 Å². The zero-order chi connectivity index (χ0) is 19.7. The molecule has 0 fully saturated rings. The molecule has 0 spiro atoms. The maximum atomic E-state index is 13.9. The average Bonchev–Trinajstić information content (AvgIpc) is 2.67. The van der Waals surface area contributed by atoms with E-state index in [2.05, 4.69) is 33.3 Å². The molecule has 2 aromatic rings. The van der Waals surface area contributed by atoms with Crippen LogP contribution >= 0.6 is 27.7 Å². The van der Waals surface area contributed by atoms with Crippen molar-refractivity contribution in [3.8, 4) is 0 Å². The number of benzene rings is 2. The lowest BCUT2D eigenvalue weighted by molar-refractivity contribution is -0.116. The van der Waals surface area contributed by atoms with E-state index in [-0.39, 0.29) is 11.7 Å². The van der Waals surface area contributed by atoms with E-state index in [1.54, 1.807) is 17.1 Å². The fourth-order valence-electron chi connectivity index (χ4n) is 3.11. The van der Waals surface area contributed by atoms with E-state index < -0.39 is 6.17 Å². The van der Waals surface area contributed by atoms with Crippen molar-refractivity contribution in [3.05, 3.63) is 68.9 Å². The number of carbonyl (C=O) groups excluding carboxylic acids is 1. The molecule has 8 heteroatoms. The molecular formula is C20H18BrFN4OS. The van der Waals surface area contributed by atoms with Gasteiger partial charge in [0.2, 0.25) is 0 Å². The summed E-state index contributed by atoms with van der Waals surface area (Å²) < 4.78 is 14.7. The number of hydrogen-bond acceptors (Lipinski definition) is 5. The molecule has 5 nitrogen and oxygen atoms in total. The van der Waals surface area contributed by atoms with Crippen LogP contribution < -0.4 is 15.9 Å². The van der Waals surface area contributed by atoms with Gasteiger partial charge in [-0.3, -0.25) is 15.1 Å². The van der Waals surface area contributed by atoms with E-state index in [1.165, 1.54) is 23.9 Å². The van der Waals surface area contributed by atoms with Crippen LogP contribution in [0.25, 0.3) is 5.70 Å². The highest BCUT2D eigenvalue weighted by Crippen LogP contribution is 2.31. The number of hydrogen-bond donors (Lipinski definition) is 1. The molecule has 0 aliphatic carbocycles. The first-order chi connectivity index (χ1) is 13.6. The molecule has 0 saturated heterocycles. The van der Waals surface area contributed by atoms with Gasteiger partial charge in [-0.15, -0.1) is 5.10 Å². The summed E-state index contributed by atoms with van der Waals surface area (Å²) in [6.45, 7) is 2.12. The minimum absolute atomic E-state index is 0.232. The lowest BCUT2D eigenvalue weighted by Crippen LogP contribution is -2.50. The Kier molecular flexibility index (Phi) is 5.50. The van der Waals surface area contributed by atoms with Crippen LogP contribution in [0.3, 0.4) is 0 Å². The molecule has 2 aliphatic rings. The summed E-state index contributed by atoms with van der Waals surface area (Å²) in [5.41, 5.74) is 1.06. The average molecular weight is 461 g/mol. The van der Waals surface area contributed by atoms with Crippen LogP contribution in [0.4, 0.5) is 4.39 Å². The summed E-state index contributed by atoms with van der Waals surface area (Å²) in [5, 5.41) is 11.1. The van der Waals surface area contributed by atoms with E-state index in [9.17, 15) is 9.18 Å². The first-order valence-electron chi connectivity index (χ1n) is 9.02. The van der Waals surface area contributed by atoms with Gasteiger partial charge in [-0.05, 0) is 36.8 Å². The van der Waals surface area contributed by atoms with Crippen LogP contribution in [0.1, 0.15) is 31.5 Å². The van der Waals surface area contributed by atoms with Gasteiger partial charge in [-0.25, -0.2) is 9.40 Å². The summed E-state index contributed by atoms with van der Waals surface area (Å²) in [7, 11) is 0. The molecule has 2 aromatic carbocycles. The number of hydrazone groups is 1. The van der Waals surface area contributed by atoms with Crippen LogP contribution in [0.15, 0.2) is 57.0 Å². The highest BCUT2D eigenvalue weighted by atomic mass is 79.9. The van der Waals surface area contributed by atoms with E-state index in [0.29, 0.717) is 27.0 Å². The quantitative estimate of drug-likeness (QED) is 0.712. The number of carbonyl (C=O) groups is 1. The number of nitrogens with zero attached hydrogens (tertiary/aromatic N) is 3. The van der Waals surface area contributed by atoms with Gasteiger partial charge in [0.25, 0.3) is 5.91 Å². The predicted molar refractivity (Wildman–Crippen MR) is 112 cm³/mol. The van der Waals surface area contributed by atoms with Crippen molar-refractivity contribution in [1.82, 2.24) is 10.3 Å². The monoisotopic (exact) mass is 460 g/mol. The summed E-state index contributed by atoms with van der Waals surface area (Å²) >= 11 is 4.96. The zero-order valence-electron chi connectivity index (χ0n) is 15.2. The maximum absolute atomic E-state index is 13.9. The Hall–Kier alpha value is -2.19. The molecule has 0 aromatic heterocycles. The molecular weight excluding hydrogens is 443 g/mol. The Morgan fingerprint density at radius 1 is 1.29 bits per heavy atom. The first-order valence-corrected chi connectivity index (χ1v) is 10.8. The number of nitrogens with one attached hydrogen (secondary N) is 1. The maximum Gasteiger partial charge on any atom is 0.276 e. The van der Waals surface area contributed by atoms with Crippen LogP contribution in [0.2, 0.25) is 0 Å². The van der Waals surface area contributed by atoms with Crippen molar-refractivity contribution >= 4 is 44.5 Å². The summed E-state index contributed by atoms with van der Waals surface area (Å²) in [4.78, 5) is 17.7. The third-order valence-electron chi connectivity index (χ3n) is 4.45. The predicted octanol–water partition coefficient (Wildman–Crippen LogP) is 3.26. The molecule has 2 heterocycles. The Bertz CT molecular complexity index is 1090. The van der Waals surface area contributed by atoms with Crippen molar-refractivity contribution in [1.29, 1.82) is 0 Å². The number of amides is 1. The molecule has 0 saturated carbocycles. The third-order valence-corrected chi connectivity index (χ3v) is 5.90. The largest absolute Gasteiger partial charge is 0.298 e. The zero-order valence-corrected chi connectivity index (χ0v) is 17.6. The van der Waals surface area contributed by atoms with E-state index in [1.807, 2.05) is 18.2 Å². The third kappa shape index (κ3) is 3.71. The minimum atomic E-state index is -0.604. The number of halogens is 2. The lowest BCUT2D eigenvalue weighted by atomic mass is 10.1. The highest BCUT2D eigenvalue weighted by molar-refractivity contribution is 9.10. The van der Waals surface area contributed by atoms with Gasteiger partial charge in [0, 0.05) is 21.0 Å². The van der Waals surface area contributed by atoms with Gasteiger partial charge >= 0.3 is 0 Å². The molecule has 2 aliphatic heterocycles. The van der Waals surface area contributed by atoms with Gasteiger partial charge in [0.15, 0.2) is 11.3 Å². The van der Waals surface area contributed by atoms with Crippen molar-refractivity contribution in [2.45, 2.75) is 25.9 Å². The van der Waals surface area contributed by atoms with Crippen LogP contribution in [0, 0.1) is 5.82 Å². The standard InChI is InChI=1S/C20H18BrFN4OS/c1-2-3-9-28-20-24-19(27)17-15-11-13(21)7-8-16(15)23-18(26(17)25-20)12-5-4-6-14(22)10-12/h4-8,10-11,18H,2-3,9H2,1H3,(H,24,25,27)/t18-/m1/s1. The van der Waals surface area contributed by atoms with Gasteiger partial charge in [-0.2, -0.15) is 0 Å². The Morgan fingerprint density at radius 3 is 2.93 bits per heavy atom. The second kappa shape index (κ2) is 8.05. The van der Waals surface area contributed by atoms with Gasteiger partial charge in [0.05, 0.1) is 5.36 Å². The minimum Gasteiger partial charge on any atom is -0.298 e. The van der Waals surface area contributed by atoms with E-state index in [4.69, 9.17) is 4.99 Å². The Labute approximate surface area is 174 Å². The number of thioether (sulfide) groups is 1. The van der Waals surface area contributed by atoms with Crippen molar-refractivity contribution in [2.24, 2.45) is 10.1 Å². The second-order valence-corrected chi connectivity index (χ2v) is 8.47. The van der Waals surface area contributed by atoms with Crippen molar-refractivity contribution < 1.29 is 9.18 Å². The topological polar surface area (TPSA) is 57.1 Å². The second-order valence-electron chi connectivity index (χ2n) is 6.47. The van der Waals surface area contributed by atoms with Crippen molar-refractivity contribution in [2.75, 3.05) is 5.75 Å².